The average Bonchev–Trinajstić information content (AvgIpc) is 2.43. The van der Waals surface area contributed by atoms with Crippen LogP contribution >= 0.6 is 0 Å². The molecule has 4 N–H and O–H groups in total. The quantitative estimate of drug-likeness (QED) is 0.578. The van der Waals surface area contributed by atoms with Crippen molar-refractivity contribution in [3.63, 3.8) is 0 Å². The second kappa shape index (κ2) is 5.91. The Bertz CT molecular complexity index is 568. The molecule has 0 radical (unpaired) electrons. The third-order valence-corrected chi connectivity index (χ3v) is 2.83. The Morgan fingerprint density at radius 1 is 1.16 bits per heavy atom. The van der Waals surface area contributed by atoms with Gasteiger partial charge in [-0.1, -0.05) is 30.3 Å². The summed E-state index contributed by atoms with van der Waals surface area (Å²) in [6, 6.07) is 14.4. The highest BCUT2D eigenvalue weighted by Crippen LogP contribution is 2.20. The van der Waals surface area contributed by atoms with Crippen molar-refractivity contribution in [2.24, 2.45) is 0 Å². The summed E-state index contributed by atoms with van der Waals surface area (Å²) in [6.45, 7) is 0.559. The lowest BCUT2D eigenvalue weighted by Crippen LogP contribution is -2.25. The van der Waals surface area contributed by atoms with Crippen LogP contribution in [0.4, 0.5) is 5.69 Å². The first-order valence-electron chi connectivity index (χ1n) is 6.07. The molecule has 98 valence electrons. The lowest BCUT2D eigenvalue weighted by molar-refractivity contribution is 0.0954. The van der Waals surface area contributed by atoms with E-state index < -0.39 is 0 Å². The van der Waals surface area contributed by atoms with Crippen LogP contribution in [0.25, 0.3) is 0 Å². The summed E-state index contributed by atoms with van der Waals surface area (Å²) in [6.07, 6.45) is 0.778. The third kappa shape index (κ3) is 3.48. The first kappa shape index (κ1) is 13.0. The third-order valence-electron chi connectivity index (χ3n) is 2.83. The maximum absolute atomic E-state index is 11.9. The smallest absolute Gasteiger partial charge is 0.251 e. The fourth-order valence-electron chi connectivity index (χ4n) is 1.76. The lowest BCUT2D eigenvalue weighted by Gasteiger charge is -2.06. The van der Waals surface area contributed by atoms with Crippen molar-refractivity contribution >= 4 is 11.6 Å². The molecule has 1 amide bonds. The Morgan fingerprint density at radius 2 is 1.89 bits per heavy atom. The summed E-state index contributed by atoms with van der Waals surface area (Å²) in [7, 11) is 0. The molecule has 2 aromatic rings. The SMILES string of the molecule is Nc1cc(C(=O)NCCc2ccccc2)ccc1O. The van der Waals surface area contributed by atoms with Crippen LogP contribution in [0.2, 0.25) is 0 Å². The van der Waals surface area contributed by atoms with Crippen molar-refractivity contribution in [1.82, 2.24) is 5.32 Å². The number of nitrogen functional groups attached to an aromatic ring is 1. The van der Waals surface area contributed by atoms with E-state index in [2.05, 4.69) is 5.32 Å². The topological polar surface area (TPSA) is 75.4 Å². The van der Waals surface area contributed by atoms with Gasteiger partial charge in [-0.3, -0.25) is 4.79 Å². The fourth-order valence-corrected chi connectivity index (χ4v) is 1.76. The second-order valence-corrected chi connectivity index (χ2v) is 4.27. The van der Waals surface area contributed by atoms with Gasteiger partial charge in [0.2, 0.25) is 0 Å². The molecule has 0 bridgehead atoms. The molecule has 0 saturated carbocycles. The average molecular weight is 256 g/mol. The number of carbonyl (C=O) groups is 1. The predicted molar refractivity (Wildman–Crippen MR) is 75.0 cm³/mol. The lowest BCUT2D eigenvalue weighted by atomic mass is 10.1. The largest absolute Gasteiger partial charge is 0.506 e. The van der Waals surface area contributed by atoms with Gasteiger partial charge < -0.3 is 16.2 Å². The molecule has 0 unspecified atom stereocenters. The minimum absolute atomic E-state index is 0.0131. The number of hydrogen-bond acceptors (Lipinski definition) is 3. The molecule has 0 saturated heterocycles. The van der Waals surface area contributed by atoms with Crippen molar-refractivity contribution in [1.29, 1.82) is 0 Å². The zero-order valence-corrected chi connectivity index (χ0v) is 10.5. The molecule has 0 atom stereocenters. The zero-order valence-electron chi connectivity index (χ0n) is 10.5. The van der Waals surface area contributed by atoms with Crippen molar-refractivity contribution in [3.8, 4) is 5.75 Å². The predicted octanol–water partition coefficient (Wildman–Crippen LogP) is 1.95. The van der Waals surface area contributed by atoms with Crippen LogP contribution in [0, 0.1) is 0 Å². The second-order valence-electron chi connectivity index (χ2n) is 4.27. The molecule has 0 spiro atoms. The van der Waals surface area contributed by atoms with Crippen molar-refractivity contribution in [3.05, 3.63) is 59.7 Å². The molecule has 0 fully saturated rings. The highest BCUT2D eigenvalue weighted by molar-refractivity contribution is 5.95. The maximum atomic E-state index is 11.9. The first-order chi connectivity index (χ1) is 9.16. The minimum atomic E-state index is -0.192. The Labute approximate surface area is 111 Å². The van der Waals surface area contributed by atoms with E-state index in [-0.39, 0.29) is 17.3 Å². The molecular formula is C15H16N2O2. The summed E-state index contributed by atoms with van der Waals surface area (Å²) in [5, 5.41) is 12.1. The van der Waals surface area contributed by atoms with E-state index in [4.69, 9.17) is 5.73 Å². The summed E-state index contributed by atoms with van der Waals surface area (Å²) in [5.41, 5.74) is 7.37. The summed E-state index contributed by atoms with van der Waals surface area (Å²) >= 11 is 0. The van der Waals surface area contributed by atoms with E-state index in [9.17, 15) is 9.90 Å². The van der Waals surface area contributed by atoms with E-state index in [0.29, 0.717) is 12.1 Å². The highest BCUT2D eigenvalue weighted by atomic mass is 16.3. The standard InChI is InChI=1S/C15H16N2O2/c16-13-10-12(6-7-14(13)18)15(19)17-9-8-11-4-2-1-3-5-11/h1-7,10,18H,8-9,16H2,(H,17,19). The molecule has 0 aliphatic carbocycles. The number of carbonyl (C=O) groups excluding carboxylic acids is 1. The number of anilines is 1. The summed E-state index contributed by atoms with van der Waals surface area (Å²) < 4.78 is 0. The number of amides is 1. The Balaban J connectivity index is 1.89. The Kier molecular flexibility index (Phi) is 4.03. The van der Waals surface area contributed by atoms with Crippen LogP contribution in [0.15, 0.2) is 48.5 Å². The van der Waals surface area contributed by atoms with Crippen LogP contribution in [-0.4, -0.2) is 17.6 Å². The van der Waals surface area contributed by atoms with Gasteiger partial charge in [0.1, 0.15) is 5.75 Å². The van der Waals surface area contributed by atoms with Gasteiger partial charge in [-0.15, -0.1) is 0 Å². The number of hydrogen-bond donors (Lipinski definition) is 3. The Hall–Kier alpha value is -2.49. The van der Waals surface area contributed by atoms with E-state index in [0.717, 1.165) is 6.42 Å². The van der Waals surface area contributed by atoms with Crippen LogP contribution in [-0.2, 0) is 6.42 Å². The minimum Gasteiger partial charge on any atom is -0.506 e. The van der Waals surface area contributed by atoms with Gasteiger partial charge in [0, 0.05) is 12.1 Å². The molecular weight excluding hydrogens is 240 g/mol. The number of benzene rings is 2. The first-order valence-corrected chi connectivity index (χ1v) is 6.07. The number of nitrogens with two attached hydrogens (primary N) is 1. The van der Waals surface area contributed by atoms with Gasteiger partial charge in [-0.2, -0.15) is 0 Å². The molecule has 0 aliphatic rings. The summed E-state index contributed by atoms with van der Waals surface area (Å²) in [4.78, 5) is 11.9. The Morgan fingerprint density at radius 3 is 2.58 bits per heavy atom. The van der Waals surface area contributed by atoms with Gasteiger partial charge in [-0.25, -0.2) is 0 Å². The molecule has 0 aliphatic heterocycles. The van der Waals surface area contributed by atoms with Crippen molar-refractivity contribution in [2.75, 3.05) is 12.3 Å². The van der Waals surface area contributed by atoms with Crippen LogP contribution in [0.5, 0.6) is 5.75 Å². The summed E-state index contributed by atoms with van der Waals surface area (Å²) in [5.74, 6) is -0.205. The monoisotopic (exact) mass is 256 g/mol. The molecule has 0 heterocycles. The number of phenolic OH excluding ortho intramolecular Hbond substituents is 1. The molecule has 19 heavy (non-hydrogen) atoms. The molecule has 4 nitrogen and oxygen atoms in total. The molecule has 2 rings (SSSR count). The van der Waals surface area contributed by atoms with Gasteiger partial charge >= 0.3 is 0 Å². The molecule has 2 aromatic carbocycles. The van der Waals surface area contributed by atoms with E-state index in [1.54, 1.807) is 6.07 Å². The number of phenols is 1. The normalized spacial score (nSPS) is 10.1. The van der Waals surface area contributed by atoms with Crippen LogP contribution in [0.1, 0.15) is 15.9 Å². The van der Waals surface area contributed by atoms with Gasteiger partial charge in [0.05, 0.1) is 5.69 Å². The van der Waals surface area contributed by atoms with Crippen LogP contribution < -0.4 is 11.1 Å². The number of rotatable bonds is 4. The maximum Gasteiger partial charge on any atom is 0.251 e. The fraction of sp³-hybridized carbons (Fsp3) is 0.133. The highest BCUT2D eigenvalue weighted by Gasteiger charge is 2.07. The van der Waals surface area contributed by atoms with E-state index in [1.807, 2.05) is 30.3 Å². The van der Waals surface area contributed by atoms with E-state index in [1.165, 1.54) is 17.7 Å². The van der Waals surface area contributed by atoms with E-state index >= 15 is 0 Å². The molecule has 0 aromatic heterocycles. The van der Waals surface area contributed by atoms with Crippen molar-refractivity contribution < 1.29 is 9.90 Å². The zero-order chi connectivity index (χ0) is 13.7. The van der Waals surface area contributed by atoms with Gasteiger partial charge in [-0.05, 0) is 30.2 Å². The van der Waals surface area contributed by atoms with Gasteiger partial charge in [0.15, 0.2) is 0 Å². The number of aromatic hydroxyl groups is 1. The van der Waals surface area contributed by atoms with Gasteiger partial charge in [0.25, 0.3) is 5.91 Å². The number of nitrogens with one attached hydrogen (secondary N) is 1. The van der Waals surface area contributed by atoms with Crippen molar-refractivity contribution in [2.45, 2.75) is 6.42 Å². The molecule has 4 heteroatoms. The van der Waals surface area contributed by atoms with Crippen LogP contribution in [0.3, 0.4) is 0 Å².